The number of nitrogens with zero attached hydrogens (tertiary/aromatic N) is 1. The maximum absolute atomic E-state index is 6.56. The molecule has 1 aliphatic heterocycles. The van der Waals surface area contributed by atoms with Crippen molar-refractivity contribution < 1.29 is 0 Å². The van der Waals surface area contributed by atoms with Crippen LogP contribution in [-0.2, 0) is 0 Å². The minimum absolute atomic E-state index is 0.381. The summed E-state index contributed by atoms with van der Waals surface area (Å²) < 4.78 is 0. The Labute approximate surface area is 156 Å². The second-order valence-electron chi connectivity index (χ2n) is 9.01. The molecule has 2 aromatic rings. The third-order valence-electron chi connectivity index (χ3n) is 7.88. The summed E-state index contributed by atoms with van der Waals surface area (Å²) in [4.78, 5) is 2.79. The van der Waals surface area contributed by atoms with Crippen LogP contribution in [-0.4, -0.2) is 30.1 Å². The number of hydrogen-bond donors (Lipinski definition) is 1. The SMILES string of the molecule is N[C@@H]1CCCC[C@H]1N1CC2C3c4ccccc4C(c4ccccc43)C2C1. The lowest BCUT2D eigenvalue weighted by atomic mass is 9.55. The van der Waals surface area contributed by atoms with E-state index in [1.807, 2.05) is 0 Å². The van der Waals surface area contributed by atoms with Gasteiger partial charge in [0.25, 0.3) is 0 Å². The molecule has 0 amide bonds. The van der Waals surface area contributed by atoms with E-state index in [-0.39, 0.29) is 0 Å². The topological polar surface area (TPSA) is 29.3 Å². The Hall–Kier alpha value is -1.64. The Morgan fingerprint density at radius 1 is 0.692 bits per heavy atom. The molecule has 1 heterocycles. The van der Waals surface area contributed by atoms with Crippen LogP contribution in [0.1, 0.15) is 59.8 Å². The van der Waals surface area contributed by atoms with E-state index < -0.39 is 0 Å². The highest BCUT2D eigenvalue weighted by atomic mass is 15.2. The van der Waals surface area contributed by atoms with Crippen LogP contribution in [0.3, 0.4) is 0 Å². The number of hydrogen-bond acceptors (Lipinski definition) is 2. The molecule has 2 fully saturated rings. The van der Waals surface area contributed by atoms with Crippen LogP contribution >= 0.6 is 0 Å². The highest BCUT2D eigenvalue weighted by Gasteiger charge is 2.54. The molecule has 2 aromatic carbocycles. The Bertz CT molecular complexity index is 738. The molecule has 0 aromatic heterocycles. The second-order valence-corrected chi connectivity index (χ2v) is 9.01. The van der Waals surface area contributed by atoms with Crippen molar-refractivity contribution in [2.75, 3.05) is 13.1 Å². The zero-order valence-corrected chi connectivity index (χ0v) is 15.4. The Morgan fingerprint density at radius 2 is 1.15 bits per heavy atom. The number of nitrogens with two attached hydrogens (primary N) is 1. The zero-order valence-electron chi connectivity index (χ0n) is 15.4. The first kappa shape index (κ1) is 15.4. The van der Waals surface area contributed by atoms with Gasteiger partial charge in [-0.25, -0.2) is 0 Å². The van der Waals surface area contributed by atoms with Crippen molar-refractivity contribution in [3.63, 3.8) is 0 Å². The lowest BCUT2D eigenvalue weighted by Gasteiger charge is -2.48. The van der Waals surface area contributed by atoms with Gasteiger partial charge in [-0.1, -0.05) is 61.4 Å². The van der Waals surface area contributed by atoms with Crippen molar-refractivity contribution in [1.82, 2.24) is 4.90 Å². The van der Waals surface area contributed by atoms with Crippen molar-refractivity contribution >= 4 is 0 Å². The van der Waals surface area contributed by atoms with E-state index in [0.29, 0.717) is 23.9 Å². The molecule has 5 aliphatic rings. The molecular weight excluding hydrogens is 316 g/mol. The number of rotatable bonds is 1. The van der Waals surface area contributed by atoms with Gasteiger partial charge in [-0.3, -0.25) is 4.90 Å². The quantitative estimate of drug-likeness (QED) is 0.844. The highest BCUT2D eigenvalue weighted by molar-refractivity contribution is 5.57. The van der Waals surface area contributed by atoms with Gasteiger partial charge in [0.2, 0.25) is 0 Å². The maximum Gasteiger partial charge on any atom is 0.0247 e. The van der Waals surface area contributed by atoms with Gasteiger partial charge in [0, 0.05) is 37.0 Å². The summed E-state index contributed by atoms with van der Waals surface area (Å²) in [6.45, 7) is 2.49. The van der Waals surface area contributed by atoms with Crippen molar-refractivity contribution in [2.24, 2.45) is 17.6 Å². The fourth-order valence-electron chi connectivity index (χ4n) is 6.87. The van der Waals surface area contributed by atoms with Gasteiger partial charge in [0.05, 0.1) is 0 Å². The molecule has 2 heteroatoms. The lowest BCUT2D eigenvalue weighted by molar-refractivity contribution is 0.160. The normalized spacial score (nSPS) is 37.9. The summed E-state index contributed by atoms with van der Waals surface area (Å²) in [7, 11) is 0. The van der Waals surface area contributed by atoms with Gasteiger partial charge in [-0.05, 0) is 46.9 Å². The molecule has 4 atom stereocenters. The number of likely N-dealkylation sites (tertiary alicyclic amines) is 1. The van der Waals surface area contributed by atoms with Crippen LogP contribution < -0.4 is 5.73 Å². The zero-order chi connectivity index (χ0) is 17.3. The predicted molar refractivity (Wildman–Crippen MR) is 105 cm³/mol. The third kappa shape index (κ3) is 2.00. The second kappa shape index (κ2) is 5.68. The van der Waals surface area contributed by atoms with Crippen LogP contribution in [0.4, 0.5) is 0 Å². The van der Waals surface area contributed by atoms with E-state index in [9.17, 15) is 0 Å². The molecule has 7 rings (SSSR count). The molecule has 0 radical (unpaired) electrons. The van der Waals surface area contributed by atoms with Crippen LogP contribution in [0.25, 0.3) is 0 Å². The van der Waals surface area contributed by atoms with Crippen molar-refractivity contribution in [2.45, 2.75) is 49.6 Å². The molecule has 1 saturated heterocycles. The molecule has 1 saturated carbocycles. The standard InChI is InChI=1S/C24H28N2/c25-21-11-5-6-12-22(21)26-13-19-20(14-26)24-16-8-2-1-7-15(16)23(19)17-9-3-4-10-18(17)24/h1-4,7-10,19-24H,5-6,11-14,25H2/t19?,20?,21-,22-,23?,24?/m1/s1. The maximum atomic E-state index is 6.56. The fourth-order valence-corrected chi connectivity index (χ4v) is 6.87. The summed E-state index contributed by atoms with van der Waals surface area (Å²) in [5, 5.41) is 0. The average Bonchev–Trinajstić information content (AvgIpc) is 3.13. The van der Waals surface area contributed by atoms with Gasteiger partial charge in [-0.15, -0.1) is 0 Å². The van der Waals surface area contributed by atoms with Crippen LogP contribution in [0.15, 0.2) is 48.5 Å². The van der Waals surface area contributed by atoms with Crippen LogP contribution in [0, 0.1) is 11.8 Å². The first-order valence-corrected chi connectivity index (χ1v) is 10.5. The van der Waals surface area contributed by atoms with Crippen molar-refractivity contribution in [3.05, 3.63) is 70.8 Å². The minimum Gasteiger partial charge on any atom is -0.326 e. The van der Waals surface area contributed by atoms with Crippen LogP contribution in [0.5, 0.6) is 0 Å². The van der Waals surface area contributed by atoms with E-state index in [1.165, 1.54) is 38.8 Å². The van der Waals surface area contributed by atoms with Crippen LogP contribution in [0.2, 0.25) is 0 Å². The van der Waals surface area contributed by atoms with E-state index in [2.05, 4.69) is 53.4 Å². The molecular formula is C24H28N2. The molecule has 4 aliphatic carbocycles. The summed E-state index contributed by atoms with van der Waals surface area (Å²) >= 11 is 0. The van der Waals surface area contributed by atoms with E-state index >= 15 is 0 Å². The summed E-state index contributed by atoms with van der Waals surface area (Å²) in [6.07, 6.45) is 5.19. The van der Waals surface area contributed by atoms with Gasteiger partial charge >= 0.3 is 0 Å². The van der Waals surface area contributed by atoms with Crippen molar-refractivity contribution in [1.29, 1.82) is 0 Å². The highest BCUT2D eigenvalue weighted by Crippen LogP contribution is 2.60. The van der Waals surface area contributed by atoms with Gasteiger partial charge in [-0.2, -0.15) is 0 Å². The molecule has 0 spiro atoms. The first-order chi connectivity index (χ1) is 12.8. The summed E-state index contributed by atoms with van der Waals surface area (Å²) in [5.74, 6) is 2.70. The largest absolute Gasteiger partial charge is 0.326 e. The fraction of sp³-hybridized carbons (Fsp3) is 0.500. The van der Waals surface area contributed by atoms with E-state index in [1.54, 1.807) is 22.3 Å². The molecule has 2 unspecified atom stereocenters. The van der Waals surface area contributed by atoms with E-state index in [0.717, 1.165) is 11.8 Å². The average molecular weight is 345 g/mol. The third-order valence-corrected chi connectivity index (χ3v) is 7.88. The van der Waals surface area contributed by atoms with Gasteiger partial charge < -0.3 is 5.73 Å². The number of benzene rings is 2. The first-order valence-electron chi connectivity index (χ1n) is 10.5. The lowest BCUT2D eigenvalue weighted by Crippen LogP contribution is -2.48. The van der Waals surface area contributed by atoms with Gasteiger partial charge in [0.15, 0.2) is 0 Å². The smallest absolute Gasteiger partial charge is 0.0247 e. The predicted octanol–water partition coefficient (Wildman–Crippen LogP) is 4.10. The molecule has 2 nitrogen and oxygen atoms in total. The monoisotopic (exact) mass is 344 g/mol. The van der Waals surface area contributed by atoms with Crippen molar-refractivity contribution in [3.8, 4) is 0 Å². The molecule has 2 N–H and O–H groups in total. The molecule has 2 bridgehead atoms. The summed E-state index contributed by atoms with van der Waals surface area (Å²) in [6, 6.07) is 19.5. The van der Waals surface area contributed by atoms with E-state index in [4.69, 9.17) is 5.73 Å². The molecule has 134 valence electrons. The summed E-state index contributed by atoms with van der Waals surface area (Å²) in [5.41, 5.74) is 13.0. The Kier molecular flexibility index (Phi) is 3.37. The Morgan fingerprint density at radius 3 is 1.62 bits per heavy atom. The minimum atomic E-state index is 0.381. The Balaban J connectivity index is 1.43. The van der Waals surface area contributed by atoms with Gasteiger partial charge in [0.1, 0.15) is 0 Å². The molecule has 26 heavy (non-hydrogen) atoms.